The van der Waals surface area contributed by atoms with Crippen LogP contribution in [-0.2, 0) is 9.84 Å². The maximum atomic E-state index is 11.5. The number of aryl methyl sites for hydroxylation is 1. The topological polar surface area (TPSA) is 80.4 Å². The van der Waals surface area contributed by atoms with Crippen molar-refractivity contribution in [2.24, 2.45) is 0 Å². The lowest BCUT2D eigenvalue weighted by atomic mass is 10.3. The van der Waals surface area contributed by atoms with E-state index in [9.17, 15) is 8.42 Å². The molecule has 0 radical (unpaired) electrons. The molecule has 0 unspecified atom stereocenters. The number of sulfone groups is 1. The van der Waals surface area contributed by atoms with Crippen molar-refractivity contribution in [2.45, 2.75) is 30.6 Å². The lowest BCUT2D eigenvalue weighted by molar-refractivity contribution is 0.357. The molecule has 78 valence electrons. The molecule has 2 rings (SSSR count). The van der Waals surface area contributed by atoms with Crippen LogP contribution in [0.15, 0.2) is 9.42 Å². The van der Waals surface area contributed by atoms with Crippen LogP contribution in [0.5, 0.6) is 0 Å². The Morgan fingerprint density at radius 3 is 2.71 bits per heavy atom. The largest absolute Gasteiger partial charge is 0.380 e. The number of hydrogen-bond donors (Lipinski definition) is 1. The van der Waals surface area contributed by atoms with E-state index in [4.69, 9.17) is 9.63 Å². The molecule has 1 aliphatic carbocycles. The number of nitrogens with zero attached hydrogens (tertiary/aromatic N) is 1. The van der Waals surface area contributed by atoms with Crippen molar-refractivity contribution in [3.63, 3.8) is 0 Å². The zero-order valence-electron chi connectivity index (χ0n) is 7.73. The Labute approximate surface area is 81.6 Å². The number of aliphatic hydroxyl groups is 1. The van der Waals surface area contributed by atoms with Crippen LogP contribution in [0.1, 0.15) is 30.2 Å². The molecule has 0 saturated heterocycles. The molecule has 0 aliphatic heterocycles. The molecule has 1 heterocycles. The molecule has 0 bridgehead atoms. The van der Waals surface area contributed by atoms with Crippen molar-refractivity contribution < 1.29 is 18.0 Å². The van der Waals surface area contributed by atoms with Gasteiger partial charge in [0.25, 0.3) is 0 Å². The van der Waals surface area contributed by atoms with Crippen molar-refractivity contribution >= 4 is 9.84 Å². The SMILES string of the molecule is Cc1onc(C2CC2)c1S(=O)(=O)CO. The minimum absolute atomic E-state index is 0.0856. The summed E-state index contributed by atoms with van der Waals surface area (Å²) in [7, 11) is -3.62. The minimum Gasteiger partial charge on any atom is -0.380 e. The van der Waals surface area contributed by atoms with Crippen LogP contribution in [0.3, 0.4) is 0 Å². The van der Waals surface area contributed by atoms with E-state index in [0.717, 1.165) is 12.8 Å². The average molecular weight is 217 g/mol. The molecule has 1 aliphatic rings. The second kappa shape index (κ2) is 3.06. The summed E-state index contributed by atoms with van der Waals surface area (Å²) < 4.78 is 27.8. The molecule has 1 fully saturated rings. The smallest absolute Gasteiger partial charge is 0.207 e. The first-order valence-electron chi connectivity index (χ1n) is 4.36. The Hall–Kier alpha value is -0.880. The van der Waals surface area contributed by atoms with Crippen LogP contribution in [0.25, 0.3) is 0 Å². The van der Waals surface area contributed by atoms with Crippen LogP contribution < -0.4 is 0 Å². The molecule has 1 saturated carbocycles. The van der Waals surface area contributed by atoms with Crippen molar-refractivity contribution in [1.29, 1.82) is 0 Å². The first kappa shape index (κ1) is 9.67. The van der Waals surface area contributed by atoms with Crippen LogP contribution in [-0.4, -0.2) is 24.6 Å². The third-order valence-electron chi connectivity index (χ3n) is 2.28. The first-order valence-corrected chi connectivity index (χ1v) is 6.01. The van der Waals surface area contributed by atoms with Crippen molar-refractivity contribution in [2.75, 3.05) is 5.94 Å². The normalized spacial score (nSPS) is 17.3. The van der Waals surface area contributed by atoms with E-state index in [1.165, 1.54) is 0 Å². The number of hydrogen-bond acceptors (Lipinski definition) is 5. The second-order valence-corrected chi connectivity index (χ2v) is 5.37. The predicted octanol–water partition coefficient (Wildman–Crippen LogP) is 0.584. The van der Waals surface area contributed by atoms with Gasteiger partial charge >= 0.3 is 0 Å². The van der Waals surface area contributed by atoms with Gasteiger partial charge in [-0.2, -0.15) is 0 Å². The molecular weight excluding hydrogens is 206 g/mol. The summed E-state index contributed by atoms with van der Waals surface area (Å²) in [6, 6.07) is 0. The molecule has 14 heavy (non-hydrogen) atoms. The summed E-state index contributed by atoms with van der Waals surface area (Å²) in [4.78, 5) is 0.0856. The van der Waals surface area contributed by atoms with Crippen molar-refractivity contribution in [3.05, 3.63) is 11.5 Å². The molecule has 5 nitrogen and oxygen atoms in total. The Kier molecular flexibility index (Phi) is 2.11. The fourth-order valence-corrected chi connectivity index (χ4v) is 2.57. The summed E-state index contributed by atoms with van der Waals surface area (Å²) in [6.45, 7) is 1.54. The van der Waals surface area contributed by atoms with Gasteiger partial charge in [-0.1, -0.05) is 5.16 Å². The average Bonchev–Trinajstić information content (AvgIpc) is 2.90. The predicted molar refractivity (Wildman–Crippen MR) is 47.5 cm³/mol. The van der Waals surface area contributed by atoms with Gasteiger partial charge in [-0.3, -0.25) is 0 Å². The fraction of sp³-hybridized carbons (Fsp3) is 0.625. The zero-order chi connectivity index (χ0) is 10.3. The summed E-state index contributed by atoms with van der Waals surface area (Å²) >= 11 is 0. The lowest BCUT2D eigenvalue weighted by Crippen LogP contribution is -2.08. The fourth-order valence-electron chi connectivity index (χ4n) is 1.44. The van der Waals surface area contributed by atoms with Crippen LogP contribution in [0.2, 0.25) is 0 Å². The van der Waals surface area contributed by atoms with Gasteiger partial charge in [0.1, 0.15) is 16.5 Å². The highest BCUT2D eigenvalue weighted by Crippen LogP contribution is 2.43. The molecule has 1 aromatic heterocycles. The highest BCUT2D eigenvalue weighted by molar-refractivity contribution is 7.91. The third-order valence-corrected chi connectivity index (χ3v) is 3.74. The van der Waals surface area contributed by atoms with E-state index in [1.54, 1.807) is 6.92 Å². The van der Waals surface area contributed by atoms with Gasteiger partial charge in [-0.15, -0.1) is 0 Å². The Morgan fingerprint density at radius 1 is 1.57 bits per heavy atom. The summed E-state index contributed by atoms with van der Waals surface area (Å²) in [5.41, 5.74) is 0.483. The second-order valence-electron chi connectivity index (χ2n) is 3.47. The van der Waals surface area contributed by atoms with Gasteiger partial charge in [0.05, 0.1) is 0 Å². The Morgan fingerprint density at radius 2 is 2.21 bits per heavy atom. The molecule has 0 amide bonds. The Bertz CT molecular complexity index is 444. The van der Waals surface area contributed by atoms with E-state index in [-0.39, 0.29) is 16.6 Å². The molecule has 6 heteroatoms. The summed E-state index contributed by atoms with van der Waals surface area (Å²) in [6.07, 6.45) is 1.89. The molecule has 0 atom stereocenters. The molecule has 0 spiro atoms. The van der Waals surface area contributed by atoms with Crippen molar-refractivity contribution in [3.8, 4) is 0 Å². The van der Waals surface area contributed by atoms with Gasteiger partial charge in [0, 0.05) is 5.92 Å². The lowest BCUT2D eigenvalue weighted by Gasteiger charge is -1.99. The molecule has 1 N–H and O–H groups in total. The van der Waals surface area contributed by atoms with Crippen LogP contribution >= 0.6 is 0 Å². The summed E-state index contributed by atoms with van der Waals surface area (Å²) in [5.74, 6) is -0.431. The Balaban J connectivity index is 2.55. The van der Waals surface area contributed by atoms with E-state index in [1.807, 2.05) is 0 Å². The van der Waals surface area contributed by atoms with Crippen molar-refractivity contribution in [1.82, 2.24) is 5.16 Å². The molecule has 0 aromatic carbocycles. The van der Waals surface area contributed by atoms with Gasteiger partial charge in [-0.05, 0) is 19.8 Å². The van der Waals surface area contributed by atoms with Gasteiger partial charge in [-0.25, -0.2) is 8.42 Å². The highest BCUT2D eigenvalue weighted by atomic mass is 32.2. The number of rotatable bonds is 3. The number of aromatic nitrogens is 1. The zero-order valence-corrected chi connectivity index (χ0v) is 8.54. The molecule has 1 aromatic rings. The van der Waals surface area contributed by atoms with E-state index in [2.05, 4.69) is 5.16 Å². The van der Waals surface area contributed by atoms with Gasteiger partial charge in [0.2, 0.25) is 9.84 Å². The van der Waals surface area contributed by atoms with Crippen LogP contribution in [0, 0.1) is 6.92 Å². The van der Waals surface area contributed by atoms with Crippen LogP contribution in [0.4, 0.5) is 0 Å². The van der Waals surface area contributed by atoms with E-state index in [0.29, 0.717) is 5.69 Å². The van der Waals surface area contributed by atoms with Gasteiger partial charge in [0.15, 0.2) is 5.76 Å². The first-order chi connectivity index (χ1) is 6.56. The van der Waals surface area contributed by atoms with E-state index < -0.39 is 15.8 Å². The summed E-state index contributed by atoms with van der Waals surface area (Å²) in [5, 5.41) is 12.5. The van der Waals surface area contributed by atoms with Gasteiger partial charge < -0.3 is 9.63 Å². The minimum atomic E-state index is -3.62. The molecular formula is C8H11NO4S. The van der Waals surface area contributed by atoms with E-state index >= 15 is 0 Å². The maximum absolute atomic E-state index is 11.5. The standard InChI is InChI=1S/C8H11NO4S/c1-5-8(14(11,12)4-10)7(9-13-5)6-2-3-6/h6,10H,2-4H2,1H3. The third kappa shape index (κ3) is 1.44. The number of aliphatic hydroxyl groups excluding tert-OH is 1. The highest BCUT2D eigenvalue weighted by Gasteiger charge is 2.35. The maximum Gasteiger partial charge on any atom is 0.207 e. The quantitative estimate of drug-likeness (QED) is 0.801. The monoisotopic (exact) mass is 217 g/mol.